The van der Waals surface area contributed by atoms with E-state index in [1.54, 1.807) is 26.2 Å². The Balaban J connectivity index is 1.47. The van der Waals surface area contributed by atoms with Crippen molar-refractivity contribution in [2.45, 2.75) is 24.1 Å². The number of thioether (sulfide) groups is 1. The molecule has 0 fully saturated rings. The Kier molecular flexibility index (Phi) is 7.26. The standard InChI is InChI=1S/C26H22N4O2S2/c1-16-4-6-19(7-5-16)23-15-33-26(29-23)30-24(31)17(2)34-25-20(14-27)10-13-22(28-25)18-8-11-21(32-3)12-9-18/h4-13,15,17H,1-3H3,(H,29,30,31). The summed E-state index contributed by atoms with van der Waals surface area (Å²) in [4.78, 5) is 22.0. The molecule has 34 heavy (non-hydrogen) atoms. The Morgan fingerprint density at radius 3 is 2.38 bits per heavy atom. The summed E-state index contributed by atoms with van der Waals surface area (Å²) >= 11 is 2.63. The lowest BCUT2D eigenvalue weighted by atomic mass is 10.1. The van der Waals surface area contributed by atoms with Crippen LogP contribution in [0.15, 0.2) is 71.1 Å². The summed E-state index contributed by atoms with van der Waals surface area (Å²) in [6.45, 7) is 3.83. The second-order valence-electron chi connectivity index (χ2n) is 7.54. The zero-order valence-electron chi connectivity index (χ0n) is 18.9. The van der Waals surface area contributed by atoms with Crippen molar-refractivity contribution in [2.75, 3.05) is 12.4 Å². The van der Waals surface area contributed by atoms with Gasteiger partial charge < -0.3 is 10.1 Å². The van der Waals surface area contributed by atoms with E-state index >= 15 is 0 Å². The number of amides is 1. The molecular weight excluding hydrogens is 464 g/mol. The number of thiazole rings is 1. The van der Waals surface area contributed by atoms with E-state index in [4.69, 9.17) is 4.74 Å². The van der Waals surface area contributed by atoms with Gasteiger partial charge in [0.1, 0.15) is 16.8 Å². The number of nitrogens with one attached hydrogen (secondary N) is 1. The number of anilines is 1. The van der Waals surface area contributed by atoms with Crippen molar-refractivity contribution in [3.8, 4) is 34.3 Å². The van der Waals surface area contributed by atoms with E-state index in [-0.39, 0.29) is 5.91 Å². The number of carbonyl (C=O) groups excluding carboxylic acids is 1. The number of rotatable bonds is 7. The van der Waals surface area contributed by atoms with Gasteiger partial charge in [0.25, 0.3) is 0 Å². The molecule has 8 heteroatoms. The van der Waals surface area contributed by atoms with Crippen LogP contribution in [0, 0.1) is 18.3 Å². The second-order valence-corrected chi connectivity index (χ2v) is 9.73. The van der Waals surface area contributed by atoms with Gasteiger partial charge in [-0.3, -0.25) is 4.79 Å². The van der Waals surface area contributed by atoms with Crippen LogP contribution in [0.3, 0.4) is 0 Å². The van der Waals surface area contributed by atoms with Gasteiger partial charge in [0.15, 0.2) is 5.13 Å². The van der Waals surface area contributed by atoms with Gasteiger partial charge in [-0.1, -0.05) is 41.6 Å². The maximum atomic E-state index is 12.8. The summed E-state index contributed by atoms with van der Waals surface area (Å²) < 4.78 is 5.21. The van der Waals surface area contributed by atoms with Gasteiger partial charge in [-0.15, -0.1) is 11.3 Å². The monoisotopic (exact) mass is 486 g/mol. The fourth-order valence-corrected chi connectivity index (χ4v) is 4.77. The highest BCUT2D eigenvalue weighted by Crippen LogP contribution is 2.30. The number of nitrogens with zero attached hydrogens (tertiary/aromatic N) is 3. The lowest BCUT2D eigenvalue weighted by molar-refractivity contribution is -0.115. The third kappa shape index (κ3) is 5.45. The molecule has 1 amide bonds. The molecule has 6 nitrogen and oxygen atoms in total. The maximum absolute atomic E-state index is 12.8. The summed E-state index contributed by atoms with van der Waals surface area (Å²) in [5, 5.41) is 14.9. The van der Waals surface area contributed by atoms with Crippen LogP contribution in [0.2, 0.25) is 0 Å². The number of hydrogen-bond acceptors (Lipinski definition) is 7. The normalized spacial score (nSPS) is 11.5. The zero-order valence-corrected chi connectivity index (χ0v) is 20.5. The average Bonchev–Trinajstić information content (AvgIpc) is 3.32. The number of pyridine rings is 1. The van der Waals surface area contributed by atoms with E-state index in [2.05, 4.69) is 21.4 Å². The van der Waals surface area contributed by atoms with Crippen molar-refractivity contribution in [1.29, 1.82) is 5.26 Å². The van der Waals surface area contributed by atoms with Crippen LogP contribution < -0.4 is 10.1 Å². The molecule has 1 unspecified atom stereocenters. The topological polar surface area (TPSA) is 87.9 Å². The predicted molar refractivity (Wildman–Crippen MR) is 137 cm³/mol. The summed E-state index contributed by atoms with van der Waals surface area (Å²) in [5.41, 5.74) is 5.05. The minimum absolute atomic E-state index is 0.199. The average molecular weight is 487 g/mol. The lowest BCUT2D eigenvalue weighted by Gasteiger charge is -2.12. The molecule has 0 saturated carbocycles. The minimum atomic E-state index is -0.475. The third-order valence-electron chi connectivity index (χ3n) is 5.11. The molecule has 0 aliphatic heterocycles. The molecule has 1 atom stereocenters. The second kappa shape index (κ2) is 10.5. The molecule has 1 N–H and O–H groups in total. The van der Waals surface area contributed by atoms with Crippen LogP contribution in [0.5, 0.6) is 5.75 Å². The van der Waals surface area contributed by atoms with Gasteiger partial charge in [-0.05, 0) is 50.2 Å². The first-order valence-corrected chi connectivity index (χ1v) is 12.3. The largest absolute Gasteiger partial charge is 0.497 e. The van der Waals surface area contributed by atoms with Crippen molar-refractivity contribution in [3.63, 3.8) is 0 Å². The molecule has 0 aliphatic rings. The molecule has 2 aromatic heterocycles. The Morgan fingerprint density at radius 2 is 1.71 bits per heavy atom. The van der Waals surface area contributed by atoms with Crippen molar-refractivity contribution in [1.82, 2.24) is 9.97 Å². The fraction of sp³-hybridized carbons (Fsp3) is 0.154. The van der Waals surface area contributed by atoms with E-state index < -0.39 is 5.25 Å². The van der Waals surface area contributed by atoms with Crippen molar-refractivity contribution < 1.29 is 9.53 Å². The van der Waals surface area contributed by atoms with E-state index in [9.17, 15) is 10.1 Å². The highest BCUT2D eigenvalue weighted by atomic mass is 32.2. The van der Waals surface area contributed by atoms with Gasteiger partial charge in [0.05, 0.1) is 29.3 Å². The Bertz CT molecular complexity index is 1340. The molecule has 0 saturated heterocycles. The number of methoxy groups -OCH3 is 1. The molecule has 4 rings (SSSR count). The number of hydrogen-bond donors (Lipinski definition) is 1. The molecule has 4 aromatic rings. The Morgan fingerprint density at radius 1 is 1.03 bits per heavy atom. The number of carbonyl (C=O) groups is 1. The Hall–Kier alpha value is -3.67. The maximum Gasteiger partial charge on any atom is 0.239 e. The molecule has 0 bridgehead atoms. The number of nitriles is 1. The first-order chi connectivity index (χ1) is 16.5. The van der Waals surface area contributed by atoms with Crippen LogP contribution in [-0.2, 0) is 4.79 Å². The number of ether oxygens (including phenoxy) is 1. The molecule has 0 aliphatic carbocycles. The Labute approximate surface area is 206 Å². The first kappa shape index (κ1) is 23.5. The molecule has 170 valence electrons. The molecule has 0 spiro atoms. The third-order valence-corrected chi connectivity index (χ3v) is 6.97. The van der Waals surface area contributed by atoms with Crippen molar-refractivity contribution in [2.24, 2.45) is 0 Å². The number of benzene rings is 2. The van der Waals surface area contributed by atoms with Crippen LogP contribution in [0.1, 0.15) is 18.1 Å². The zero-order chi connectivity index (χ0) is 24.1. The summed E-state index contributed by atoms with van der Waals surface area (Å²) in [7, 11) is 1.62. The predicted octanol–water partition coefficient (Wildman–Crippen LogP) is 6.18. The van der Waals surface area contributed by atoms with E-state index in [0.717, 1.165) is 28.3 Å². The molecule has 2 heterocycles. The van der Waals surface area contributed by atoms with E-state index in [1.807, 2.05) is 60.8 Å². The van der Waals surface area contributed by atoms with Crippen molar-refractivity contribution >= 4 is 34.1 Å². The number of aryl methyl sites for hydroxylation is 1. The van der Waals surface area contributed by atoms with Gasteiger partial charge in [-0.2, -0.15) is 5.26 Å². The van der Waals surface area contributed by atoms with E-state index in [0.29, 0.717) is 15.7 Å². The summed E-state index contributed by atoms with van der Waals surface area (Å²) in [6.07, 6.45) is 0. The van der Waals surface area contributed by atoms with Crippen LogP contribution in [-0.4, -0.2) is 28.2 Å². The highest BCUT2D eigenvalue weighted by molar-refractivity contribution is 8.00. The van der Waals surface area contributed by atoms with Crippen LogP contribution >= 0.6 is 23.1 Å². The first-order valence-electron chi connectivity index (χ1n) is 10.5. The molecular formula is C26H22N4O2S2. The van der Waals surface area contributed by atoms with Crippen molar-refractivity contribution in [3.05, 3.63) is 77.2 Å². The summed E-state index contributed by atoms with van der Waals surface area (Å²) in [6, 6.07) is 21.3. The minimum Gasteiger partial charge on any atom is -0.497 e. The molecule has 0 radical (unpaired) electrons. The van der Waals surface area contributed by atoms with Gasteiger partial charge in [-0.25, -0.2) is 9.97 Å². The SMILES string of the molecule is COc1ccc(-c2ccc(C#N)c(SC(C)C(=O)Nc3nc(-c4ccc(C)cc4)cs3)n2)cc1. The van der Waals surface area contributed by atoms with Gasteiger partial charge >= 0.3 is 0 Å². The molecule has 2 aromatic carbocycles. The summed E-state index contributed by atoms with van der Waals surface area (Å²) in [5.74, 6) is 0.556. The van der Waals surface area contributed by atoms with Gasteiger partial charge in [0, 0.05) is 16.5 Å². The number of aromatic nitrogens is 2. The smallest absolute Gasteiger partial charge is 0.239 e. The highest BCUT2D eigenvalue weighted by Gasteiger charge is 2.19. The van der Waals surface area contributed by atoms with Crippen LogP contribution in [0.25, 0.3) is 22.5 Å². The van der Waals surface area contributed by atoms with Gasteiger partial charge in [0.2, 0.25) is 5.91 Å². The van der Waals surface area contributed by atoms with E-state index in [1.165, 1.54) is 28.7 Å². The van der Waals surface area contributed by atoms with Crippen LogP contribution in [0.4, 0.5) is 5.13 Å². The quantitative estimate of drug-likeness (QED) is 0.314. The lowest BCUT2D eigenvalue weighted by Crippen LogP contribution is -2.22. The fourth-order valence-electron chi connectivity index (χ4n) is 3.15.